The molecule has 0 spiro atoms. The molecule has 4 aromatic carbocycles. The van der Waals surface area contributed by atoms with Crippen molar-refractivity contribution in [1.29, 1.82) is 0 Å². The zero-order valence-corrected chi connectivity index (χ0v) is 36.8. The topological polar surface area (TPSA) is 192 Å². The van der Waals surface area contributed by atoms with Crippen LogP contribution in [0, 0.1) is 27.9 Å². The lowest BCUT2D eigenvalue weighted by Gasteiger charge is -2.59. The highest BCUT2D eigenvalue weighted by Crippen LogP contribution is 2.62. The zero-order valence-electron chi connectivity index (χ0n) is 36.8. The first-order chi connectivity index (χ1) is 31.7. The number of aliphatic hydroxyl groups excluding tert-OH is 3. The molecule has 0 saturated heterocycles. The molecule has 1 aliphatic heterocycles. The summed E-state index contributed by atoms with van der Waals surface area (Å²) in [5, 5.41) is 47.8. The first kappa shape index (κ1) is 47.1. The summed E-state index contributed by atoms with van der Waals surface area (Å²) in [4.78, 5) is 33.0. The molecule has 4 aromatic rings. The van der Waals surface area contributed by atoms with Crippen LogP contribution >= 0.6 is 0 Å². The molecule has 65 heavy (non-hydrogen) atoms. The largest absolute Gasteiger partial charge is 0.459 e. The maximum absolute atomic E-state index is 14.7. The first-order valence-corrected chi connectivity index (χ1v) is 22.5. The number of carbonyl (C=O) groups is 1. The van der Waals surface area contributed by atoms with Crippen molar-refractivity contribution in [3.8, 4) is 23.0 Å². The fourth-order valence-electron chi connectivity index (χ4n) is 9.72. The number of aliphatic hydroxyl groups is 3. The maximum atomic E-state index is 14.7. The third kappa shape index (κ3) is 10.7. The number of oxime groups is 1. The van der Waals surface area contributed by atoms with Gasteiger partial charge >= 0.3 is 6.09 Å². The van der Waals surface area contributed by atoms with Gasteiger partial charge in [0, 0.05) is 49.8 Å². The second kappa shape index (κ2) is 22.4. The van der Waals surface area contributed by atoms with Gasteiger partial charge in [-0.25, -0.2) is 4.79 Å². The van der Waals surface area contributed by atoms with Crippen LogP contribution in [0.5, 0.6) is 23.0 Å². The highest BCUT2D eigenvalue weighted by molar-refractivity contribution is 6.03. The van der Waals surface area contributed by atoms with E-state index in [1.807, 2.05) is 61.5 Å². The van der Waals surface area contributed by atoms with Crippen molar-refractivity contribution in [3.05, 3.63) is 125 Å². The molecular formula is C50H59N3O12. The van der Waals surface area contributed by atoms with Crippen LogP contribution in [-0.2, 0) is 14.3 Å². The number of nitro benzene ring substituents is 1. The molecule has 6 atom stereocenters. The Morgan fingerprint density at radius 3 is 2.37 bits per heavy atom. The van der Waals surface area contributed by atoms with E-state index in [9.17, 15) is 30.2 Å². The van der Waals surface area contributed by atoms with Gasteiger partial charge in [0.2, 0.25) is 5.79 Å². The van der Waals surface area contributed by atoms with Gasteiger partial charge in [-0.3, -0.25) is 15.0 Å². The number of hydrogen-bond acceptors (Lipinski definition) is 13. The molecule has 7 rings (SSSR count). The summed E-state index contributed by atoms with van der Waals surface area (Å²) in [6.45, 7) is 6.09. The minimum atomic E-state index is -1.58. The van der Waals surface area contributed by atoms with Crippen molar-refractivity contribution in [2.45, 2.75) is 69.6 Å². The van der Waals surface area contributed by atoms with E-state index < -0.39 is 28.8 Å². The quantitative estimate of drug-likeness (QED) is 0.0278. The average molecular weight is 894 g/mol. The highest BCUT2D eigenvalue weighted by Gasteiger charge is 2.65. The number of amides is 1. The Labute approximate surface area is 379 Å². The monoisotopic (exact) mass is 893 g/mol. The van der Waals surface area contributed by atoms with E-state index in [1.165, 1.54) is 29.2 Å². The van der Waals surface area contributed by atoms with E-state index in [1.54, 1.807) is 6.08 Å². The van der Waals surface area contributed by atoms with Crippen LogP contribution in [0.4, 0.5) is 10.5 Å². The summed E-state index contributed by atoms with van der Waals surface area (Å²) >= 11 is 0. The number of ether oxygens (including phenoxy) is 5. The van der Waals surface area contributed by atoms with Crippen LogP contribution in [-0.4, -0.2) is 102 Å². The summed E-state index contributed by atoms with van der Waals surface area (Å²) in [6.07, 6.45) is 7.51. The standard InChI is InChI=1S/C50H59N3O12/c1-3-27-61-50-46(52(23-28-60-29-26-56)49(57)64-38-19-16-37(17-20-38)53(58)59)33-44(51-62-4-2)42-31-36(13-7-9-24-54)41(14-8-10-25-55)47(48(42)50)43-32-40(21-22-45(43)65-50)63-39-18-15-34-11-5-6-12-35(34)30-39/h3,5-6,11-12,15-22,30-32,36,41,46-48,54-56H,1,4,7-10,13-14,23-29,33H2,2H3. The summed E-state index contributed by atoms with van der Waals surface area (Å²) in [6, 6.07) is 24.1. The third-order valence-corrected chi connectivity index (χ3v) is 12.5. The zero-order chi connectivity index (χ0) is 45.8. The molecule has 6 unspecified atom stereocenters. The summed E-state index contributed by atoms with van der Waals surface area (Å²) in [7, 11) is 0. The maximum Gasteiger partial charge on any atom is 0.415 e. The molecule has 1 amide bonds. The molecule has 3 N–H and O–H groups in total. The first-order valence-electron chi connectivity index (χ1n) is 22.5. The Kier molecular flexibility index (Phi) is 16.2. The number of allylic oxidation sites excluding steroid dienone is 1. The van der Waals surface area contributed by atoms with Crippen molar-refractivity contribution >= 4 is 28.3 Å². The minimum Gasteiger partial charge on any atom is -0.459 e. The Morgan fingerprint density at radius 2 is 1.65 bits per heavy atom. The predicted octanol–water partition coefficient (Wildman–Crippen LogP) is 8.70. The number of nitro groups is 1. The van der Waals surface area contributed by atoms with E-state index in [0.29, 0.717) is 35.8 Å². The number of nitrogens with zero attached hydrogens (tertiary/aromatic N) is 3. The van der Waals surface area contributed by atoms with Gasteiger partial charge in [0.25, 0.3) is 5.69 Å². The summed E-state index contributed by atoms with van der Waals surface area (Å²) in [5.74, 6) is -0.596. The van der Waals surface area contributed by atoms with Gasteiger partial charge in [-0.2, -0.15) is 0 Å². The molecule has 15 nitrogen and oxygen atoms in total. The second-order valence-electron chi connectivity index (χ2n) is 16.4. The number of rotatable bonds is 23. The Bertz CT molecular complexity index is 2320. The van der Waals surface area contributed by atoms with Crippen LogP contribution in [0.25, 0.3) is 10.8 Å². The second-order valence-corrected chi connectivity index (χ2v) is 16.4. The van der Waals surface area contributed by atoms with E-state index in [-0.39, 0.29) is 88.4 Å². The van der Waals surface area contributed by atoms with Gasteiger partial charge in [0.1, 0.15) is 35.6 Å². The van der Waals surface area contributed by atoms with Crippen molar-refractivity contribution in [1.82, 2.24) is 4.90 Å². The molecule has 1 saturated carbocycles. The number of hydrogen-bond donors (Lipinski definition) is 3. The van der Waals surface area contributed by atoms with Crippen LogP contribution in [0.15, 0.2) is 114 Å². The Hall–Kier alpha value is -5.84. The van der Waals surface area contributed by atoms with Crippen LogP contribution in [0.2, 0.25) is 0 Å². The summed E-state index contributed by atoms with van der Waals surface area (Å²) < 4.78 is 32.7. The molecule has 1 heterocycles. The fourth-order valence-corrected chi connectivity index (χ4v) is 9.72. The van der Waals surface area contributed by atoms with Crippen LogP contribution in [0.3, 0.4) is 0 Å². The highest BCUT2D eigenvalue weighted by atomic mass is 16.7. The van der Waals surface area contributed by atoms with Crippen LogP contribution < -0.4 is 14.2 Å². The minimum absolute atomic E-state index is 0.0153. The lowest BCUT2D eigenvalue weighted by Crippen LogP contribution is -2.70. The van der Waals surface area contributed by atoms with Crippen LogP contribution in [0.1, 0.15) is 63.4 Å². The predicted molar refractivity (Wildman–Crippen MR) is 244 cm³/mol. The number of benzene rings is 4. The van der Waals surface area contributed by atoms with Gasteiger partial charge in [-0.05, 0) is 103 Å². The molecule has 0 aromatic heterocycles. The van der Waals surface area contributed by atoms with E-state index >= 15 is 0 Å². The van der Waals surface area contributed by atoms with Crippen molar-refractivity contribution in [3.63, 3.8) is 0 Å². The molecule has 15 heteroatoms. The number of carbonyl (C=O) groups excluding carboxylic acids is 1. The Balaban J connectivity index is 1.41. The van der Waals surface area contributed by atoms with Gasteiger partial charge in [0.15, 0.2) is 0 Å². The lowest BCUT2D eigenvalue weighted by molar-refractivity contribution is -0.384. The summed E-state index contributed by atoms with van der Waals surface area (Å²) in [5.41, 5.74) is 2.19. The van der Waals surface area contributed by atoms with E-state index in [2.05, 4.69) is 18.7 Å². The normalized spacial score (nSPS) is 22.6. The molecule has 1 fully saturated rings. The van der Waals surface area contributed by atoms with E-state index in [0.717, 1.165) is 47.6 Å². The number of fused-ring (bicyclic) bond motifs is 3. The lowest BCUT2D eigenvalue weighted by atomic mass is 9.55. The van der Waals surface area contributed by atoms with Crippen molar-refractivity contribution in [2.75, 3.05) is 52.8 Å². The number of unbranched alkanes of at least 4 members (excludes halogenated alkanes) is 2. The van der Waals surface area contributed by atoms with E-state index in [4.69, 9.17) is 33.7 Å². The SMILES string of the molecule is C=CCOC12Oc3ccc(Oc4ccc5ccccc5c4)cc3C3C(CCCCO)C(CCCCO)C=C(C(=NOCC)CC1N(CCOCCO)C(=O)Oc1ccc([N+](=O)[O-])cc1)C32. The fraction of sp³-hybridized carbons (Fsp3) is 0.440. The molecule has 346 valence electrons. The average Bonchev–Trinajstić information content (AvgIpc) is 3.31. The molecule has 2 aliphatic carbocycles. The Morgan fingerprint density at radius 1 is 0.923 bits per heavy atom. The molecular weight excluding hydrogens is 835 g/mol. The van der Waals surface area contributed by atoms with Gasteiger partial charge in [0.05, 0.1) is 43.0 Å². The van der Waals surface area contributed by atoms with Gasteiger partial charge < -0.3 is 43.8 Å². The van der Waals surface area contributed by atoms with Gasteiger partial charge in [-0.1, -0.05) is 60.5 Å². The molecule has 0 bridgehead atoms. The smallest absolute Gasteiger partial charge is 0.415 e. The van der Waals surface area contributed by atoms with Crippen molar-refractivity contribution in [2.24, 2.45) is 22.9 Å². The third-order valence-electron chi connectivity index (χ3n) is 12.5. The molecule has 0 radical (unpaired) electrons. The van der Waals surface area contributed by atoms with Gasteiger partial charge in [-0.15, -0.1) is 6.58 Å². The van der Waals surface area contributed by atoms with Crippen molar-refractivity contribution < 1.29 is 53.6 Å². The molecule has 3 aliphatic rings. The number of non-ortho nitro benzene ring substituents is 1.